The topological polar surface area (TPSA) is 43.9 Å². The smallest absolute Gasteiger partial charge is 0.160 e. The van der Waals surface area contributed by atoms with Crippen LogP contribution in [0.25, 0.3) is 105 Å². The fraction of sp³-hybridized carbons (Fsp3) is 0. The van der Waals surface area contributed by atoms with Crippen LogP contribution in [0, 0.1) is 0 Å². The lowest BCUT2D eigenvalue weighted by Gasteiger charge is -2.11. The molecule has 4 heteroatoms. The van der Waals surface area contributed by atoms with Crippen LogP contribution in [0.5, 0.6) is 0 Å². The Kier molecular flexibility index (Phi) is 6.82. The van der Waals surface area contributed by atoms with Gasteiger partial charge >= 0.3 is 0 Å². The van der Waals surface area contributed by atoms with Crippen LogP contribution in [0.2, 0.25) is 0 Å². The van der Waals surface area contributed by atoms with Crippen LogP contribution in [0.4, 0.5) is 0 Å². The number of hydrogen-bond donors (Lipinski definition) is 0. The zero-order valence-electron chi connectivity index (χ0n) is 29.1. The molecular weight excluding hydrogens is 659 g/mol. The van der Waals surface area contributed by atoms with E-state index in [-0.39, 0.29) is 0 Å². The van der Waals surface area contributed by atoms with E-state index in [1.165, 1.54) is 16.5 Å². The highest BCUT2D eigenvalue weighted by Gasteiger charge is 2.18. The molecule has 0 radical (unpaired) electrons. The van der Waals surface area contributed by atoms with Crippen LogP contribution in [0.3, 0.4) is 0 Å². The van der Waals surface area contributed by atoms with Crippen LogP contribution < -0.4 is 0 Å². The van der Waals surface area contributed by atoms with E-state index >= 15 is 0 Å². The third-order valence-electron chi connectivity index (χ3n) is 10.6. The molecular formula is C50H31N3O. The standard InChI is InChI=1S/C50H31N3O/c1-3-11-32(12-4-1)33-19-23-35(24-20-33)49-40-16-7-9-17-44(40)51-50(52-49)36-25-21-34(22-26-36)37-27-28-45-41(29-37)42-31-48-43(39-15-8-10-18-47(39)54-48)30-46(42)53(45)38-13-5-2-6-14-38/h1-31H. The van der Waals surface area contributed by atoms with E-state index in [1.54, 1.807) is 0 Å². The van der Waals surface area contributed by atoms with Crippen LogP contribution in [0.1, 0.15) is 0 Å². The highest BCUT2D eigenvalue weighted by Crippen LogP contribution is 2.40. The first kappa shape index (κ1) is 30.3. The minimum absolute atomic E-state index is 0.707. The van der Waals surface area contributed by atoms with Crippen molar-refractivity contribution >= 4 is 54.6 Å². The zero-order chi connectivity index (χ0) is 35.6. The Bertz CT molecular complexity index is 3180. The number of aromatic nitrogens is 3. The Labute approximate surface area is 311 Å². The van der Waals surface area contributed by atoms with E-state index in [4.69, 9.17) is 14.4 Å². The molecule has 0 fully saturated rings. The van der Waals surface area contributed by atoms with Gasteiger partial charge in [0.15, 0.2) is 5.82 Å². The highest BCUT2D eigenvalue weighted by atomic mass is 16.3. The normalized spacial score (nSPS) is 11.7. The van der Waals surface area contributed by atoms with Crippen LogP contribution in [-0.2, 0) is 0 Å². The molecule has 0 saturated carbocycles. The molecule has 0 unspecified atom stereocenters. The van der Waals surface area contributed by atoms with Gasteiger partial charge in [-0.2, -0.15) is 0 Å². The minimum Gasteiger partial charge on any atom is -0.456 e. The monoisotopic (exact) mass is 689 g/mol. The largest absolute Gasteiger partial charge is 0.456 e. The lowest BCUT2D eigenvalue weighted by molar-refractivity contribution is 0.669. The van der Waals surface area contributed by atoms with Gasteiger partial charge in [0.05, 0.1) is 22.2 Å². The Morgan fingerprint density at radius 3 is 1.74 bits per heavy atom. The summed E-state index contributed by atoms with van der Waals surface area (Å²) in [6.07, 6.45) is 0. The van der Waals surface area contributed by atoms with Crippen molar-refractivity contribution in [2.45, 2.75) is 0 Å². The summed E-state index contributed by atoms with van der Waals surface area (Å²) in [4.78, 5) is 10.2. The minimum atomic E-state index is 0.707. The molecule has 0 bridgehead atoms. The average Bonchev–Trinajstić information content (AvgIpc) is 3.77. The summed E-state index contributed by atoms with van der Waals surface area (Å²) in [6, 6.07) is 66.1. The van der Waals surface area contributed by atoms with Crippen molar-refractivity contribution in [1.82, 2.24) is 14.5 Å². The van der Waals surface area contributed by atoms with E-state index in [9.17, 15) is 0 Å². The maximum absolute atomic E-state index is 6.36. The van der Waals surface area contributed by atoms with E-state index < -0.39 is 0 Å². The summed E-state index contributed by atoms with van der Waals surface area (Å²) < 4.78 is 8.72. The molecule has 0 spiro atoms. The van der Waals surface area contributed by atoms with E-state index in [1.807, 2.05) is 24.3 Å². The molecule has 54 heavy (non-hydrogen) atoms. The summed E-state index contributed by atoms with van der Waals surface area (Å²) in [5.41, 5.74) is 13.8. The Morgan fingerprint density at radius 1 is 0.352 bits per heavy atom. The van der Waals surface area contributed by atoms with Crippen LogP contribution in [0.15, 0.2) is 192 Å². The summed E-state index contributed by atoms with van der Waals surface area (Å²) in [5, 5.41) is 5.63. The number of fused-ring (bicyclic) bond motifs is 7. The molecule has 11 rings (SSSR count). The molecule has 11 aromatic rings. The zero-order valence-corrected chi connectivity index (χ0v) is 29.1. The van der Waals surface area contributed by atoms with Gasteiger partial charge in [-0.3, -0.25) is 0 Å². The predicted octanol–water partition coefficient (Wildman–Crippen LogP) is 13.3. The quantitative estimate of drug-likeness (QED) is 0.181. The van der Waals surface area contributed by atoms with E-state index in [2.05, 4.69) is 168 Å². The van der Waals surface area contributed by atoms with Gasteiger partial charge in [-0.25, -0.2) is 9.97 Å². The van der Waals surface area contributed by atoms with Gasteiger partial charge in [-0.1, -0.05) is 140 Å². The van der Waals surface area contributed by atoms with Gasteiger partial charge < -0.3 is 8.98 Å². The molecule has 0 amide bonds. The van der Waals surface area contributed by atoms with E-state index in [0.29, 0.717) is 5.82 Å². The molecule has 0 aliphatic rings. The second kappa shape index (κ2) is 12.1. The first-order valence-corrected chi connectivity index (χ1v) is 18.2. The molecule has 4 nitrogen and oxygen atoms in total. The summed E-state index contributed by atoms with van der Waals surface area (Å²) in [5.74, 6) is 0.707. The van der Waals surface area contributed by atoms with Crippen molar-refractivity contribution in [2.24, 2.45) is 0 Å². The second-order valence-corrected chi connectivity index (χ2v) is 13.8. The van der Waals surface area contributed by atoms with Gasteiger partial charge in [0.25, 0.3) is 0 Å². The van der Waals surface area contributed by atoms with Gasteiger partial charge in [0, 0.05) is 43.7 Å². The number of nitrogens with zero attached hydrogens (tertiary/aromatic N) is 3. The Morgan fingerprint density at radius 2 is 0.944 bits per heavy atom. The Balaban J connectivity index is 1.01. The summed E-state index contributed by atoms with van der Waals surface area (Å²) >= 11 is 0. The number of rotatable bonds is 5. The molecule has 3 aromatic heterocycles. The molecule has 0 atom stereocenters. The molecule has 3 heterocycles. The van der Waals surface area contributed by atoms with Gasteiger partial charge in [0.1, 0.15) is 11.2 Å². The van der Waals surface area contributed by atoms with E-state index in [0.717, 1.165) is 82.9 Å². The fourth-order valence-electron chi connectivity index (χ4n) is 7.96. The van der Waals surface area contributed by atoms with Crippen LogP contribution >= 0.6 is 0 Å². The average molecular weight is 690 g/mol. The molecule has 0 aliphatic heterocycles. The fourth-order valence-corrected chi connectivity index (χ4v) is 7.96. The molecule has 8 aromatic carbocycles. The first-order chi connectivity index (χ1) is 26.7. The van der Waals surface area contributed by atoms with Gasteiger partial charge in [0.2, 0.25) is 0 Å². The summed E-state index contributed by atoms with van der Waals surface area (Å²) in [7, 11) is 0. The Hall–Kier alpha value is -7.30. The van der Waals surface area contributed by atoms with Crippen molar-refractivity contribution < 1.29 is 4.42 Å². The number of benzene rings is 8. The third-order valence-corrected chi connectivity index (χ3v) is 10.6. The maximum Gasteiger partial charge on any atom is 0.160 e. The molecule has 252 valence electrons. The maximum atomic E-state index is 6.36. The van der Waals surface area contributed by atoms with Crippen molar-refractivity contribution in [3.05, 3.63) is 188 Å². The number of para-hydroxylation sites is 3. The predicted molar refractivity (Wildman–Crippen MR) is 223 cm³/mol. The van der Waals surface area contributed by atoms with Crippen molar-refractivity contribution in [2.75, 3.05) is 0 Å². The highest BCUT2D eigenvalue weighted by molar-refractivity contribution is 6.17. The summed E-state index contributed by atoms with van der Waals surface area (Å²) in [6.45, 7) is 0. The molecule has 0 saturated heterocycles. The van der Waals surface area contributed by atoms with Crippen molar-refractivity contribution in [3.8, 4) is 50.6 Å². The second-order valence-electron chi connectivity index (χ2n) is 13.8. The molecule has 0 N–H and O–H groups in total. The van der Waals surface area contributed by atoms with Crippen LogP contribution in [-0.4, -0.2) is 14.5 Å². The van der Waals surface area contributed by atoms with Crippen molar-refractivity contribution in [3.63, 3.8) is 0 Å². The lowest BCUT2D eigenvalue weighted by atomic mass is 10.00. The van der Waals surface area contributed by atoms with Gasteiger partial charge in [-0.15, -0.1) is 0 Å². The van der Waals surface area contributed by atoms with Gasteiger partial charge in [-0.05, 0) is 70.8 Å². The lowest BCUT2D eigenvalue weighted by Crippen LogP contribution is -1.95. The third kappa shape index (κ3) is 4.92. The first-order valence-electron chi connectivity index (χ1n) is 18.2. The molecule has 0 aliphatic carbocycles. The van der Waals surface area contributed by atoms with Crippen molar-refractivity contribution in [1.29, 1.82) is 0 Å². The number of furan rings is 1. The number of hydrogen-bond acceptors (Lipinski definition) is 3. The SMILES string of the molecule is c1ccc(-c2ccc(-c3nc(-c4ccc(-c5ccc6c(c5)c5cc7oc8ccccc8c7cc5n6-c5ccccc5)cc4)nc4ccccc34)cc2)cc1.